The summed E-state index contributed by atoms with van der Waals surface area (Å²) in [6.07, 6.45) is 0. The molecule has 0 unspecified atom stereocenters. The maximum absolute atomic E-state index is 5.70. The highest BCUT2D eigenvalue weighted by Gasteiger charge is 2.01. The molecule has 1 aromatic heterocycles. The molecule has 0 atom stereocenters. The molecule has 0 aliphatic rings. The normalized spacial score (nSPS) is 10.1. The van der Waals surface area contributed by atoms with Crippen molar-refractivity contribution >= 4 is 5.82 Å². The third-order valence-electron chi connectivity index (χ3n) is 2.73. The average Bonchev–Trinajstić information content (AvgIpc) is 2.45. The molecule has 0 fully saturated rings. The van der Waals surface area contributed by atoms with E-state index in [1.54, 1.807) is 7.11 Å². The van der Waals surface area contributed by atoms with Crippen LogP contribution in [0.25, 0.3) is 0 Å². The third kappa shape index (κ3) is 2.99. The third-order valence-corrected chi connectivity index (χ3v) is 2.73. The van der Waals surface area contributed by atoms with Gasteiger partial charge in [0.2, 0.25) is 5.88 Å². The Morgan fingerprint density at radius 2 is 1.89 bits per heavy atom. The van der Waals surface area contributed by atoms with Gasteiger partial charge in [-0.05, 0) is 17.2 Å². The smallest absolute Gasteiger partial charge is 0.214 e. The lowest BCUT2D eigenvalue weighted by Crippen LogP contribution is -2.07. The van der Waals surface area contributed by atoms with Gasteiger partial charge in [-0.3, -0.25) is 0 Å². The van der Waals surface area contributed by atoms with Gasteiger partial charge in [-0.1, -0.05) is 30.3 Å². The molecule has 18 heavy (non-hydrogen) atoms. The number of nitrogens with one attached hydrogen (secondary N) is 1. The Hall–Kier alpha value is -2.07. The number of methoxy groups -OCH3 is 1. The van der Waals surface area contributed by atoms with Gasteiger partial charge in [0.05, 0.1) is 7.11 Å². The molecular formula is C14H17N3O. The second-order valence-corrected chi connectivity index (χ2v) is 3.89. The summed E-state index contributed by atoms with van der Waals surface area (Å²) in [7, 11) is 1.61. The van der Waals surface area contributed by atoms with Crippen molar-refractivity contribution in [2.75, 3.05) is 12.4 Å². The van der Waals surface area contributed by atoms with Crippen LogP contribution < -0.4 is 15.8 Å². The Labute approximate surface area is 107 Å². The minimum absolute atomic E-state index is 0.545. The van der Waals surface area contributed by atoms with Crippen molar-refractivity contribution in [2.45, 2.75) is 13.1 Å². The number of pyridine rings is 1. The molecular weight excluding hydrogens is 226 g/mol. The summed E-state index contributed by atoms with van der Waals surface area (Å²) in [6, 6.07) is 13.7. The first-order chi connectivity index (χ1) is 8.83. The SMILES string of the molecule is COc1cccc(NCc2ccccc2CN)n1. The summed E-state index contributed by atoms with van der Waals surface area (Å²) in [5, 5.41) is 3.26. The van der Waals surface area contributed by atoms with Gasteiger partial charge in [-0.15, -0.1) is 0 Å². The molecule has 94 valence electrons. The topological polar surface area (TPSA) is 60.2 Å². The van der Waals surface area contributed by atoms with Gasteiger partial charge in [-0.2, -0.15) is 4.98 Å². The molecule has 3 N–H and O–H groups in total. The van der Waals surface area contributed by atoms with Gasteiger partial charge in [0.1, 0.15) is 5.82 Å². The number of rotatable bonds is 5. The first-order valence-corrected chi connectivity index (χ1v) is 5.85. The summed E-state index contributed by atoms with van der Waals surface area (Å²) in [5.74, 6) is 1.40. The highest BCUT2D eigenvalue weighted by molar-refractivity contribution is 5.39. The molecule has 4 heteroatoms. The molecule has 2 rings (SSSR count). The van der Waals surface area contributed by atoms with E-state index in [0.717, 1.165) is 11.4 Å². The fraction of sp³-hybridized carbons (Fsp3) is 0.214. The highest BCUT2D eigenvalue weighted by Crippen LogP contribution is 2.13. The van der Waals surface area contributed by atoms with Crippen LogP contribution in [0.1, 0.15) is 11.1 Å². The van der Waals surface area contributed by atoms with Gasteiger partial charge in [-0.25, -0.2) is 0 Å². The van der Waals surface area contributed by atoms with Crippen molar-refractivity contribution in [1.82, 2.24) is 4.98 Å². The van der Waals surface area contributed by atoms with E-state index in [2.05, 4.69) is 16.4 Å². The average molecular weight is 243 g/mol. The molecule has 0 radical (unpaired) electrons. The Kier molecular flexibility index (Phi) is 4.15. The Morgan fingerprint density at radius 3 is 2.61 bits per heavy atom. The van der Waals surface area contributed by atoms with Crippen molar-refractivity contribution in [3.05, 3.63) is 53.6 Å². The summed E-state index contributed by atoms with van der Waals surface area (Å²) < 4.78 is 5.08. The zero-order valence-electron chi connectivity index (χ0n) is 10.4. The lowest BCUT2D eigenvalue weighted by atomic mass is 10.1. The maximum Gasteiger partial charge on any atom is 0.214 e. The Bertz CT molecular complexity index is 514. The van der Waals surface area contributed by atoms with E-state index in [4.69, 9.17) is 10.5 Å². The molecule has 2 aromatic rings. The van der Waals surface area contributed by atoms with Crippen LogP contribution in [0.15, 0.2) is 42.5 Å². The van der Waals surface area contributed by atoms with Crippen molar-refractivity contribution in [2.24, 2.45) is 5.73 Å². The van der Waals surface area contributed by atoms with E-state index in [9.17, 15) is 0 Å². The first-order valence-electron chi connectivity index (χ1n) is 5.85. The van der Waals surface area contributed by atoms with E-state index in [1.165, 1.54) is 5.56 Å². The molecule has 0 bridgehead atoms. The van der Waals surface area contributed by atoms with Gasteiger partial charge in [0.25, 0.3) is 0 Å². The Morgan fingerprint density at radius 1 is 1.11 bits per heavy atom. The van der Waals surface area contributed by atoms with E-state index >= 15 is 0 Å². The van der Waals surface area contributed by atoms with Crippen molar-refractivity contribution < 1.29 is 4.74 Å². The highest BCUT2D eigenvalue weighted by atomic mass is 16.5. The fourth-order valence-electron chi connectivity index (χ4n) is 1.74. The molecule has 0 amide bonds. The lowest BCUT2D eigenvalue weighted by Gasteiger charge is -2.10. The summed E-state index contributed by atoms with van der Waals surface area (Å²) in [5.41, 5.74) is 8.03. The van der Waals surface area contributed by atoms with Crippen molar-refractivity contribution in [3.63, 3.8) is 0 Å². The zero-order chi connectivity index (χ0) is 12.8. The number of benzene rings is 1. The minimum Gasteiger partial charge on any atom is -0.481 e. The number of nitrogens with two attached hydrogens (primary N) is 1. The van der Waals surface area contributed by atoms with Crippen LogP contribution >= 0.6 is 0 Å². The largest absolute Gasteiger partial charge is 0.481 e. The van der Waals surface area contributed by atoms with Gasteiger partial charge in [0.15, 0.2) is 0 Å². The van der Waals surface area contributed by atoms with E-state index in [0.29, 0.717) is 19.0 Å². The summed E-state index contributed by atoms with van der Waals surface area (Å²) >= 11 is 0. The predicted octanol–water partition coefficient (Wildman–Crippen LogP) is 2.16. The number of hydrogen-bond acceptors (Lipinski definition) is 4. The van der Waals surface area contributed by atoms with E-state index < -0.39 is 0 Å². The standard InChI is InChI=1S/C14H17N3O/c1-18-14-8-4-7-13(17-14)16-10-12-6-3-2-5-11(12)9-15/h2-8H,9-10,15H2,1H3,(H,16,17). The number of ether oxygens (including phenoxy) is 1. The first kappa shape index (κ1) is 12.4. The van der Waals surface area contributed by atoms with E-state index in [-0.39, 0.29) is 0 Å². The van der Waals surface area contributed by atoms with Gasteiger partial charge < -0.3 is 15.8 Å². The number of anilines is 1. The monoisotopic (exact) mass is 243 g/mol. The molecule has 0 saturated carbocycles. The molecule has 1 heterocycles. The van der Waals surface area contributed by atoms with Crippen LogP contribution in [0.3, 0.4) is 0 Å². The minimum atomic E-state index is 0.545. The molecule has 0 aliphatic heterocycles. The quantitative estimate of drug-likeness (QED) is 0.844. The summed E-state index contributed by atoms with van der Waals surface area (Å²) in [4.78, 5) is 4.30. The van der Waals surface area contributed by atoms with Crippen molar-refractivity contribution in [3.8, 4) is 5.88 Å². The van der Waals surface area contributed by atoms with Crippen LogP contribution in [0.5, 0.6) is 5.88 Å². The molecule has 1 aromatic carbocycles. The van der Waals surface area contributed by atoms with Crippen LogP contribution in [0.2, 0.25) is 0 Å². The van der Waals surface area contributed by atoms with Gasteiger partial charge >= 0.3 is 0 Å². The zero-order valence-corrected chi connectivity index (χ0v) is 10.4. The molecule has 0 saturated heterocycles. The van der Waals surface area contributed by atoms with Crippen molar-refractivity contribution in [1.29, 1.82) is 0 Å². The summed E-state index contributed by atoms with van der Waals surface area (Å²) in [6.45, 7) is 1.25. The second kappa shape index (κ2) is 6.02. The molecule has 0 aliphatic carbocycles. The van der Waals surface area contributed by atoms with Crippen LogP contribution in [0, 0.1) is 0 Å². The maximum atomic E-state index is 5.70. The van der Waals surface area contributed by atoms with E-state index in [1.807, 2.05) is 36.4 Å². The number of aromatic nitrogens is 1. The second-order valence-electron chi connectivity index (χ2n) is 3.89. The molecule has 4 nitrogen and oxygen atoms in total. The number of hydrogen-bond donors (Lipinski definition) is 2. The number of nitrogens with zero attached hydrogens (tertiary/aromatic N) is 1. The van der Waals surface area contributed by atoms with Crippen LogP contribution in [-0.2, 0) is 13.1 Å². The lowest BCUT2D eigenvalue weighted by molar-refractivity contribution is 0.398. The fourth-order valence-corrected chi connectivity index (χ4v) is 1.74. The Balaban J connectivity index is 2.06. The van der Waals surface area contributed by atoms with Crippen LogP contribution in [-0.4, -0.2) is 12.1 Å². The molecule has 0 spiro atoms. The van der Waals surface area contributed by atoms with Gasteiger partial charge in [0, 0.05) is 19.2 Å². The van der Waals surface area contributed by atoms with Crippen LogP contribution in [0.4, 0.5) is 5.82 Å². The predicted molar refractivity (Wildman–Crippen MR) is 72.4 cm³/mol.